The van der Waals surface area contributed by atoms with Crippen molar-refractivity contribution in [1.82, 2.24) is 10.6 Å². The predicted molar refractivity (Wildman–Crippen MR) is 66.7 cm³/mol. The summed E-state index contributed by atoms with van der Waals surface area (Å²) in [5.41, 5.74) is 0. The first-order valence-corrected chi connectivity index (χ1v) is 5.74. The number of benzene rings is 1. The van der Waals surface area contributed by atoms with Crippen LogP contribution in [0.3, 0.4) is 0 Å². The number of carbonyl (C=O) groups excluding carboxylic acids is 1. The minimum absolute atomic E-state index is 0.0608. The topological polar surface area (TPSA) is 79.8 Å². The molecular weight excluding hydrogens is 236 g/mol. The van der Waals surface area contributed by atoms with Crippen LogP contribution in [0, 0.1) is 0 Å². The van der Waals surface area contributed by atoms with Crippen molar-refractivity contribution >= 4 is 6.03 Å². The Morgan fingerprint density at radius 3 is 2.33 bits per heavy atom. The molecular formula is C12H18N2O4. The van der Waals surface area contributed by atoms with Gasteiger partial charge in [-0.2, -0.15) is 0 Å². The molecule has 100 valence electrons. The summed E-state index contributed by atoms with van der Waals surface area (Å²) in [4.78, 5) is 11.1. The Morgan fingerprint density at radius 2 is 1.78 bits per heavy atom. The number of aliphatic hydroxyl groups is 1. The number of ether oxygens (including phenoxy) is 2. The van der Waals surface area contributed by atoms with Crippen molar-refractivity contribution in [3.8, 4) is 11.5 Å². The zero-order valence-electron chi connectivity index (χ0n) is 10.3. The van der Waals surface area contributed by atoms with Gasteiger partial charge in [-0.25, -0.2) is 4.79 Å². The van der Waals surface area contributed by atoms with Crippen molar-refractivity contribution in [1.29, 1.82) is 0 Å². The zero-order valence-corrected chi connectivity index (χ0v) is 10.3. The van der Waals surface area contributed by atoms with Crippen molar-refractivity contribution in [2.24, 2.45) is 0 Å². The van der Waals surface area contributed by atoms with E-state index in [0.717, 1.165) is 5.75 Å². The van der Waals surface area contributed by atoms with Gasteiger partial charge >= 0.3 is 6.03 Å². The third-order valence-electron chi connectivity index (χ3n) is 2.00. The molecule has 0 saturated heterocycles. The Morgan fingerprint density at radius 1 is 1.17 bits per heavy atom. The van der Waals surface area contributed by atoms with Gasteiger partial charge < -0.3 is 25.2 Å². The zero-order chi connectivity index (χ0) is 13.2. The Kier molecular flexibility index (Phi) is 6.42. The van der Waals surface area contributed by atoms with E-state index in [2.05, 4.69) is 10.6 Å². The molecule has 0 bridgehead atoms. The van der Waals surface area contributed by atoms with Crippen molar-refractivity contribution in [2.75, 3.05) is 26.5 Å². The van der Waals surface area contributed by atoms with Crippen LogP contribution in [0.25, 0.3) is 0 Å². The average Bonchev–Trinajstić information content (AvgIpc) is 2.39. The molecule has 0 fully saturated rings. The second-order valence-corrected chi connectivity index (χ2v) is 3.35. The minimum atomic E-state index is -0.380. The van der Waals surface area contributed by atoms with Gasteiger partial charge in [-0.1, -0.05) is 0 Å². The minimum Gasteiger partial charge on any atom is -0.494 e. The van der Waals surface area contributed by atoms with E-state index < -0.39 is 0 Å². The van der Waals surface area contributed by atoms with Gasteiger partial charge in [0.2, 0.25) is 0 Å². The molecule has 18 heavy (non-hydrogen) atoms. The summed E-state index contributed by atoms with van der Waals surface area (Å²) in [6, 6.07) is 6.74. The maximum Gasteiger partial charge on any atom is 0.317 e. The SMILES string of the molecule is CCOc1ccc(OCNC(=O)NCCO)cc1. The van der Waals surface area contributed by atoms with Crippen LogP contribution in [-0.4, -0.2) is 37.6 Å². The molecule has 0 aliphatic rings. The van der Waals surface area contributed by atoms with Crippen LogP contribution >= 0.6 is 0 Å². The number of amides is 2. The molecule has 0 atom stereocenters. The van der Waals surface area contributed by atoms with E-state index in [1.807, 2.05) is 6.92 Å². The van der Waals surface area contributed by atoms with Gasteiger partial charge in [0.05, 0.1) is 13.2 Å². The summed E-state index contributed by atoms with van der Waals surface area (Å²) >= 11 is 0. The molecule has 1 aromatic carbocycles. The van der Waals surface area contributed by atoms with E-state index in [-0.39, 0.29) is 25.9 Å². The fraction of sp³-hybridized carbons (Fsp3) is 0.417. The van der Waals surface area contributed by atoms with Gasteiger partial charge in [-0.05, 0) is 31.2 Å². The number of nitrogens with one attached hydrogen (secondary N) is 2. The predicted octanol–water partition coefficient (Wildman–Crippen LogP) is 0.713. The Balaban J connectivity index is 2.24. The van der Waals surface area contributed by atoms with Gasteiger partial charge in [-0.15, -0.1) is 0 Å². The molecule has 1 aromatic rings. The third kappa shape index (κ3) is 5.40. The van der Waals surface area contributed by atoms with Crippen LogP contribution in [-0.2, 0) is 0 Å². The highest BCUT2D eigenvalue weighted by Crippen LogP contribution is 2.16. The molecule has 6 heteroatoms. The second-order valence-electron chi connectivity index (χ2n) is 3.35. The average molecular weight is 254 g/mol. The number of carbonyl (C=O) groups is 1. The second kappa shape index (κ2) is 8.19. The number of hydrogen-bond acceptors (Lipinski definition) is 4. The normalized spacial score (nSPS) is 9.67. The monoisotopic (exact) mass is 254 g/mol. The van der Waals surface area contributed by atoms with Crippen LogP contribution < -0.4 is 20.1 Å². The lowest BCUT2D eigenvalue weighted by Gasteiger charge is -2.09. The van der Waals surface area contributed by atoms with E-state index in [0.29, 0.717) is 12.4 Å². The maximum atomic E-state index is 11.1. The Hall–Kier alpha value is -1.95. The van der Waals surface area contributed by atoms with Crippen molar-refractivity contribution in [3.63, 3.8) is 0 Å². The highest BCUT2D eigenvalue weighted by molar-refractivity contribution is 5.73. The van der Waals surface area contributed by atoms with Crippen molar-refractivity contribution < 1.29 is 19.4 Å². The first-order chi connectivity index (χ1) is 8.76. The molecule has 0 unspecified atom stereocenters. The van der Waals surface area contributed by atoms with Gasteiger partial charge in [0.1, 0.15) is 11.5 Å². The van der Waals surface area contributed by atoms with E-state index >= 15 is 0 Å². The number of hydrogen-bond donors (Lipinski definition) is 3. The highest BCUT2D eigenvalue weighted by Gasteiger charge is 1.99. The van der Waals surface area contributed by atoms with E-state index in [4.69, 9.17) is 14.6 Å². The number of aliphatic hydroxyl groups excluding tert-OH is 1. The highest BCUT2D eigenvalue weighted by atomic mass is 16.5. The molecule has 0 saturated carbocycles. The van der Waals surface area contributed by atoms with E-state index in [1.54, 1.807) is 24.3 Å². The van der Waals surface area contributed by atoms with E-state index in [9.17, 15) is 4.79 Å². The first-order valence-electron chi connectivity index (χ1n) is 5.74. The molecule has 0 aliphatic carbocycles. The Bertz CT molecular complexity index is 354. The molecule has 0 aliphatic heterocycles. The van der Waals surface area contributed by atoms with Crippen molar-refractivity contribution in [2.45, 2.75) is 6.92 Å². The first kappa shape index (κ1) is 14.1. The molecule has 0 heterocycles. The fourth-order valence-electron chi connectivity index (χ4n) is 1.22. The number of urea groups is 1. The van der Waals surface area contributed by atoms with Crippen LogP contribution in [0.5, 0.6) is 11.5 Å². The quantitative estimate of drug-likeness (QED) is 0.626. The summed E-state index contributed by atoms with van der Waals surface area (Å²) in [5, 5.41) is 13.4. The van der Waals surface area contributed by atoms with Crippen LogP contribution in [0.15, 0.2) is 24.3 Å². The maximum absolute atomic E-state index is 11.1. The standard InChI is InChI=1S/C12H18N2O4/c1-2-17-10-3-5-11(6-4-10)18-9-14-12(16)13-7-8-15/h3-6,15H,2,7-9H2,1H3,(H2,13,14,16). The summed E-state index contributed by atoms with van der Waals surface area (Å²) in [7, 11) is 0. The molecule has 3 N–H and O–H groups in total. The van der Waals surface area contributed by atoms with Crippen LogP contribution in [0.4, 0.5) is 4.79 Å². The number of rotatable bonds is 7. The van der Waals surface area contributed by atoms with Crippen molar-refractivity contribution in [3.05, 3.63) is 24.3 Å². The fourth-order valence-corrected chi connectivity index (χ4v) is 1.22. The molecule has 6 nitrogen and oxygen atoms in total. The molecule has 0 radical (unpaired) electrons. The molecule has 2 amide bonds. The third-order valence-corrected chi connectivity index (χ3v) is 2.00. The summed E-state index contributed by atoms with van der Waals surface area (Å²) in [5.74, 6) is 1.42. The summed E-state index contributed by atoms with van der Waals surface area (Å²) in [6.07, 6.45) is 0. The Labute approximate surface area is 106 Å². The summed E-state index contributed by atoms with van der Waals surface area (Å²) < 4.78 is 10.6. The lowest BCUT2D eigenvalue weighted by Crippen LogP contribution is -2.38. The van der Waals surface area contributed by atoms with E-state index in [1.165, 1.54) is 0 Å². The van der Waals surface area contributed by atoms with Gasteiger partial charge in [0, 0.05) is 6.54 Å². The molecule has 0 spiro atoms. The summed E-state index contributed by atoms with van der Waals surface area (Å²) in [6.45, 7) is 2.72. The largest absolute Gasteiger partial charge is 0.494 e. The lowest BCUT2D eigenvalue weighted by atomic mass is 10.3. The lowest BCUT2D eigenvalue weighted by molar-refractivity contribution is 0.219. The molecule has 0 aromatic heterocycles. The molecule has 1 rings (SSSR count). The van der Waals surface area contributed by atoms with Gasteiger partial charge in [0.25, 0.3) is 0 Å². The van der Waals surface area contributed by atoms with Gasteiger partial charge in [-0.3, -0.25) is 0 Å². The van der Waals surface area contributed by atoms with Gasteiger partial charge in [0.15, 0.2) is 6.73 Å². The smallest absolute Gasteiger partial charge is 0.317 e. The van der Waals surface area contributed by atoms with Crippen LogP contribution in [0.1, 0.15) is 6.92 Å². The van der Waals surface area contributed by atoms with Crippen LogP contribution in [0.2, 0.25) is 0 Å².